The molecule has 5 heteroatoms. The summed E-state index contributed by atoms with van der Waals surface area (Å²) < 4.78 is 4.73. The zero-order chi connectivity index (χ0) is 11.0. The van der Waals surface area contributed by atoms with Gasteiger partial charge >= 0.3 is 5.63 Å². The molecule has 0 saturated carbocycles. The van der Waals surface area contributed by atoms with Gasteiger partial charge in [0.25, 0.3) is 5.69 Å². The predicted octanol–water partition coefficient (Wildman–Crippen LogP) is 2.01. The number of hydrogen-bond acceptors (Lipinski definition) is 4. The average Bonchev–Trinajstić information content (AvgIpc) is 2.23. The number of hydrogen-bond donors (Lipinski definition) is 0. The smallest absolute Gasteiger partial charge is 0.343 e. The first-order valence-electron chi connectivity index (χ1n) is 4.26. The van der Waals surface area contributed by atoms with E-state index in [4.69, 9.17) is 4.42 Å². The van der Waals surface area contributed by atoms with Gasteiger partial charge in [0.15, 0.2) is 0 Å². The molecule has 0 spiro atoms. The summed E-state index contributed by atoms with van der Waals surface area (Å²) >= 11 is 0. The van der Waals surface area contributed by atoms with E-state index >= 15 is 0 Å². The fourth-order valence-corrected chi connectivity index (χ4v) is 1.43. The van der Waals surface area contributed by atoms with Crippen LogP contribution in [0.5, 0.6) is 0 Å². The van der Waals surface area contributed by atoms with Crippen molar-refractivity contribution in [3.63, 3.8) is 0 Å². The average molecular weight is 205 g/mol. The molecule has 0 radical (unpaired) electrons. The van der Waals surface area contributed by atoms with Gasteiger partial charge in [-0.15, -0.1) is 0 Å². The molecule has 0 aliphatic heterocycles. The van der Waals surface area contributed by atoms with Crippen molar-refractivity contribution in [3.8, 4) is 0 Å². The van der Waals surface area contributed by atoms with Crippen molar-refractivity contribution in [2.45, 2.75) is 6.92 Å². The third-order valence-corrected chi connectivity index (χ3v) is 2.20. The Morgan fingerprint density at radius 2 is 2.07 bits per heavy atom. The van der Waals surface area contributed by atoms with E-state index in [0.29, 0.717) is 5.39 Å². The van der Waals surface area contributed by atoms with Gasteiger partial charge in [0.2, 0.25) is 0 Å². The van der Waals surface area contributed by atoms with E-state index in [1.807, 2.05) is 0 Å². The van der Waals surface area contributed by atoms with Gasteiger partial charge < -0.3 is 4.42 Å². The van der Waals surface area contributed by atoms with Gasteiger partial charge in [-0.05, 0) is 23.9 Å². The number of nitro benzene ring substituents is 1. The first kappa shape index (κ1) is 9.39. The van der Waals surface area contributed by atoms with Crippen molar-refractivity contribution >= 4 is 16.5 Å². The van der Waals surface area contributed by atoms with E-state index in [2.05, 4.69) is 0 Å². The lowest BCUT2D eigenvalue weighted by Gasteiger charge is -1.99. The summed E-state index contributed by atoms with van der Waals surface area (Å²) in [6.07, 6.45) is 1.34. The Kier molecular flexibility index (Phi) is 2.00. The summed E-state index contributed by atoms with van der Waals surface area (Å²) in [6, 6.07) is 4.16. The highest BCUT2D eigenvalue weighted by molar-refractivity contribution is 5.85. The van der Waals surface area contributed by atoms with Crippen LogP contribution in [0.3, 0.4) is 0 Å². The van der Waals surface area contributed by atoms with E-state index < -0.39 is 10.5 Å². The van der Waals surface area contributed by atoms with Gasteiger partial charge in [-0.2, -0.15) is 0 Å². The van der Waals surface area contributed by atoms with Crippen LogP contribution in [0.4, 0.5) is 5.69 Å². The summed E-state index contributed by atoms with van der Waals surface area (Å²) in [5.41, 5.74) is 0.110. The number of fused-ring (bicyclic) bond motifs is 1. The molecule has 0 amide bonds. The molecule has 2 aromatic rings. The van der Waals surface area contributed by atoms with Crippen LogP contribution in [0.15, 0.2) is 33.7 Å². The van der Waals surface area contributed by atoms with Crippen LogP contribution >= 0.6 is 0 Å². The fourth-order valence-electron chi connectivity index (χ4n) is 1.43. The van der Waals surface area contributed by atoms with Crippen molar-refractivity contribution < 1.29 is 9.34 Å². The lowest BCUT2D eigenvalue weighted by atomic mass is 10.1. The van der Waals surface area contributed by atoms with Gasteiger partial charge in [-0.1, -0.05) is 0 Å². The monoisotopic (exact) mass is 205 g/mol. The Balaban J connectivity index is 2.87. The summed E-state index contributed by atoms with van der Waals surface area (Å²) in [7, 11) is 0. The maximum atomic E-state index is 11.3. The normalized spacial score (nSPS) is 10.5. The molecule has 1 aromatic carbocycles. The molecule has 0 N–H and O–H groups in total. The van der Waals surface area contributed by atoms with Crippen LogP contribution in [0.2, 0.25) is 0 Å². The SMILES string of the molecule is Cc1coc(=O)c2cc([N+](=O)[O-])ccc12. The third-order valence-electron chi connectivity index (χ3n) is 2.20. The fraction of sp³-hybridized carbons (Fsp3) is 0.100. The zero-order valence-corrected chi connectivity index (χ0v) is 7.89. The van der Waals surface area contributed by atoms with Gasteiger partial charge in [-0.25, -0.2) is 4.79 Å². The maximum Gasteiger partial charge on any atom is 0.343 e. The van der Waals surface area contributed by atoms with Gasteiger partial charge in [-0.3, -0.25) is 10.1 Å². The van der Waals surface area contributed by atoms with Crippen molar-refractivity contribution in [2.75, 3.05) is 0 Å². The first-order chi connectivity index (χ1) is 7.09. The largest absolute Gasteiger partial charge is 0.431 e. The molecule has 0 unspecified atom stereocenters. The Morgan fingerprint density at radius 1 is 1.33 bits per heavy atom. The summed E-state index contributed by atoms with van der Waals surface area (Å²) in [5.74, 6) is 0. The number of nitrogens with zero attached hydrogens (tertiary/aromatic N) is 1. The molecule has 0 atom stereocenters. The molecule has 0 bridgehead atoms. The highest BCUT2D eigenvalue weighted by Crippen LogP contribution is 2.20. The molecule has 0 aliphatic rings. The van der Waals surface area contributed by atoms with Crippen LogP contribution in [0.1, 0.15) is 5.56 Å². The van der Waals surface area contributed by atoms with Crippen LogP contribution in [-0.4, -0.2) is 4.92 Å². The second-order valence-corrected chi connectivity index (χ2v) is 3.19. The summed E-state index contributed by atoms with van der Waals surface area (Å²) in [4.78, 5) is 21.3. The van der Waals surface area contributed by atoms with Crippen LogP contribution in [0, 0.1) is 17.0 Å². The van der Waals surface area contributed by atoms with Crippen LogP contribution in [0.25, 0.3) is 10.8 Å². The molecular weight excluding hydrogens is 198 g/mol. The number of rotatable bonds is 1. The molecule has 0 aliphatic carbocycles. The molecule has 2 rings (SSSR count). The Labute approximate surface area is 84.1 Å². The van der Waals surface area contributed by atoms with Crippen molar-refractivity contribution in [1.82, 2.24) is 0 Å². The molecular formula is C10H7NO4. The second kappa shape index (κ2) is 3.20. The highest BCUT2D eigenvalue weighted by Gasteiger charge is 2.10. The predicted molar refractivity (Wildman–Crippen MR) is 53.9 cm³/mol. The number of benzene rings is 1. The standard InChI is InChI=1S/C10H7NO4/c1-6-5-15-10(12)9-4-7(11(13)14)2-3-8(6)9/h2-5H,1H3. The molecule has 15 heavy (non-hydrogen) atoms. The Bertz CT molecular complexity index is 600. The van der Waals surface area contributed by atoms with Gasteiger partial charge in [0, 0.05) is 12.1 Å². The molecule has 1 aromatic heterocycles. The third kappa shape index (κ3) is 1.48. The van der Waals surface area contributed by atoms with E-state index in [1.165, 1.54) is 18.4 Å². The minimum Gasteiger partial charge on any atom is -0.431 e. The topological polar surface area (TPSA) is 73.3 Å². The van der Waals surface area contributed by atoms with E-state index in [-0.39, 0.29) is 11.1 Å². The number of aryl methyl sites for hydroxylation is 1. The molecule has 0 saturated heterocycles. The van der Waals surface area contributed by atoms with Gasteiger partial charge in [0.1, 0.15) is 0 Å². The summed E-state index contributed by atoms with van der Waals surface area (Å²) in [5, 5.41) is 11.4. The lowest BCUT2D eigenvalue weighted by molar-refractivity contribution is -0.384. The Morgan fingerprint density at radius 3 is 2.73 bits per heavy atom. The number of nitro groups is 1. The van der Waals surface area contributed by atoms with Crippen molar-refractivity contribution in [2.24, 2.45) is 0 Å². The molecule has 5 nitrogen and oxygen atoms in total. The first-order valence-corrected chi connectivity index (χ1v) is 4.26. The van der Waals surface area contributed by atoms with E-state index in [1.54, 1.807) is 13.0 Å². The lowest BCUT2D eigenvalue weighted by Crippen LogP contribution is -2.00. The summed E-state index contributed by atoms with van der Waals surface area (Å²) in [6.45, 7) is 1.77. The van der Waals surface area contributed by atoms with Gasteiger partial charge in [0.05, 0.1) is 16.6 Å². The van der Waals surface area contributed by atoms with Crippen LogP contribution in [-0.2, 0) is 0 Å². The highest BCUT2D eigenvalue weighted by atomic mass is 16.6. The zero-order valence-electron chi connectivity index (χ0n) is 7.89. The van der Waals surface area contributed by atoms with Crippen LogP contribution < -0.4 is 5.63 Å². The second-order valence-electron chi connectivity index (χ2n) is 3.19. The van der Waals surface area contributed by atoms with Crippen molar-refractivity contribution in [1.29, 1.82) is 0 Å². The van der Waals surface area contributed by atoms with E-state index in [0.717, 1.165) is 5.56 Å². The quantitative estimate of drug-likeness (QED) is 0.527. The maximum absolute atomic E-state index is 11.3. The molecule has 76 valence electrons. The Hall–Kier alpha value is -2.17. The minimum atomic E-state index is -0.556. The minimum absolute atomic E-state index is 0.111. The van der Waals surface area contributed by atoms with Crippen molar-refractivity contribution in [3.05, 3.63) is 50.6 Å². The molecule has 0 fully saturated rings. The van der Waals surface area contributed by atoms with E-state index in [9.17, 15) is 14.9 Å². The molecule has 1 heterocycles. The number of non-ortho nitro benzene ring substituents is 1.